The minimum absolute atomic E-state index is 0.572. The highest BCUT2D eigenvalue weighted by molar-refractivity contribution is 8.01. The van der Waals surface area contributed by atoms with Gasteiger partial charge in [-0.1, -0.05) is 35.9 Å². The summed E-state index contributed by atoms with van der Waals surface area (Å²) in [5.74, 6) is 0.961. The second-order valence-electron chi connectivity index (χ2n) is 5.42. The van der Waals surface area contributed by atoms with Crippen LogP contribution in [0.5, 0.6) is 0 Å². The van der Waals surface area contributed by atoms with E-state index in [9.17, 15) is 0 Å². The molecule has 2 nitrogen and oxygen atoms in total. The Hall–Kier alpha value is -2.02. The lowest BCUT2D eigenvalue weighted by Gasteiger charge is -2.18. The van der Waals surface area contributed by atoms with Gasteiger partial charge in [0.1, 0.15) is 0 Å². The van der Waals surface area contributed by atoms with Crippen LogP contribution >= 0.6 is 11.8 Å². The van der Waals surface area contributed by atoms with E-state index in [1.807, 2.05) is 18.2 Å². The molecule has 0 saturated heterocycles. The number of ether oxygens (including phenoxy) is 1. The number of rotatable bonds is 4. The summed E-state index contributed by atoms with van der Waals surface area (Å²) in [6.45, 7) is 3.26. The van der Waals surface area contributed by atoms with Crippen molar-refractivity contribution in [2.24, 2.45) is 0 Å². The Balaban J connectivity index is 1.67. The minimum atomic E-state index is 0.572. The van der Waals surface area contributed by atoms with Gasteiger partial charge in [0, 0.05) is 5.75 Å². The Bertz CT molecular complexity index is 741. The molecule has 0 unspecified atom stereocenters. The summed E-state index contributed by atoms with van der Waals surface area (Å²) in [5.41, 5.74) is 6.74. The molecule has 0 spiro atoms. The number of benzene rings is 2. The molecule has 110 valence electrons. The van der Waals surface area contributed by atoms with E-state index in [4.69, 9.17) is 10.00 Å². The highest BCUT2D eigenvalue weighted by atomic mass is 32.2. The van der Waals surface area contributed by atoms with Gasteiger partial charge in [-0.25, -0.2) is 0 Å². The number of aryl methyl sites for hydroxylation is 1. The summed E-state index contributed by atoms with van der Waals surface area (Å²) < 4.78 is 5.86. The third-order valence-corrected chi connectivity index (χ3v) is 4.63. The van der Waals surface area contributed by atoms with Crippen LogP contribution in [-0.2, 0) is 17.1 Å². The zero-order valence-electron chi connectivity index (χ0n) is 12.5. The molecule has 0 aromatic heterocycles. The van der Waals surface area contributed by atoms with E-state index in [0.29, 0.717) is 18.8 Å². The quantitative estimate of drug-likeness (QED) is 0.823. The van der Waals surface area contributed by atoms with E-state index in [2.05, 4.69) is 42.7 Å². The Morgan fingerprint density at radius 3 is 2.73 bits per heavy atom. The average molecular weight is 307 g/mol. The van der Waals surface area contributed by atoms with Crippen LogP contribution in [0.1, 0.15) is 27.8 Å². The molecular formula is C19H17NOS. The molecular weight excluding hydrogens is 290 g/mol. The molecule has 3 rings (SSSR count). The molecule has 0 amide bonds. The summed E-state index contributed by atoms with van der Waals surface area (Å²) in [6, 6.07) is 16.5. The van der Waals surface area contributed by atoms with Crippen molar-refractivity contribution in [3.8, 4) is 6.07 Å². The van der Waals surface area contributed by atoms with Crippen LogP contribution in [-0.4, -0.2) is 6.61 Å². The van der Waals surface area contributed by atoms with E-state index in [1.165, 1.54) is 16.7 Å². The Kier molecular flexibility index (Phi) is 4.62. The van der Waals surface area contributed by atoms with Crippen LogP contribution in [0.3, 0.4) is 0 Å². The third-order valence-electron chi connectivity index (χ3n) is 3.70. The fourth-order valence-electron chi connectivity index (χ4n) is 2.44. The molecule has 0 bridgehead atoms. The van der Waals surface area contributed by atoms with Gasteiger partial charge in [-0.05, 0) is 46.7 Å². The van der Waals surface area contributed by atoms with Crippen molar-refractivity contribution in [3.63, 3.8) is 0 Å². The molecule has 22 heavy (non-hydrogen) atoms. The van der Waals surface area contributed by atoms with Gasteiger partial charge in [0.2, 0.25) is 0 Å². The molecule has 1 aliphatic rings. The summed E-state index contributed by atoms with van der Waals surface area (Å²) in [6.07, 6.45) is 0. The van der Waals surface area contributed by atoms with Crippen molar-refractivity contribution in [2.45, 2.75) is 19.3 Å². The zero-order chi connectivity index (χ0) is 15.4. The maximum atomic E-state index is 9.07. The summed E-state index contributed by atoms with van der Waals surface area (Å²) in [4.78, 5) is 0. The molecule has 1 aliphatic heterocycles. The second-order valence-corrected chi connectivity index (χ2v) is 6.27. The van der Waals surface area contributed by atoms with E-state index < -0.39 is 0 Å². The largest absolute Gasteiger partial charge is 0.372 e. The van der Waals surface area contributed by atoms with Gasteiger partial charge >= 0.3 is 0 Å². The van der Waals surface area contributed by atoms with Crippen LogP contribution < -0.4 is 0 Å². The predicted octanol–water partition coefficient (Wildman–Crippen LogP) is 4.67. The van der Waals surface area contributed by atoms with Crippen molar-refractivity contribution in [1.29, 1.82) is 5.26 Å². The molecule has 2 aromatic rings. The van der Waals surface area contributed by atoms with Gasteiger partial charge in [-0.3, -0.25) is 0 Å². The number of hydrogen-bond acceptors (Lipinski definition) is 3. The van der Waals surface area contributed by atoms with Crippen molar-refractivity contribution in [3.05, 3.63) is 75.7 Å². The van der Waals surface area contributed by atoms with Crippen molar-refractivity contribution < 1.29 is 4.74 Å². The molecule has 0 saturated carbocycles. The van der Waals surface area contributed by atoms with E-state index in [1.54, 1.807) is 11.8 Å². The first-order valence-corrected chi connectivity index (χ1v) is 8.28. The first-order chi connectivity index (χ1) is 10.8. The van der Waals surface area contributed by atoms with Gasteiger partial charge in [0.05, 0.1) is 24.8 Å². The third kappa shape index (κ3) is 3.41. The summed E-state index contributed by atoms with van der Waals surface area (Å²) in [7, 11) is 0. The SMILES string of the molecule is Cc1ccc(COCC2=CSCc3ccc(C#N)cc32)cc1. The standard InChI is InChI=1S/C19H17NOS/c1-14-2-4-15(5-3-14)10-21-11-18-13-22-12-17-7-6-16(9-20)8-19(17)18/h2-8,13H,10-12H2,1H3. The maximum absolute atomic E-state index is 9.07. The molecule has 0 fully saturated rings. The highest BCUT2D eigenvalue weighted by Crippen LogP contribution is 2.32. The first kappa shape index (κ1) is 14.9. The first-order valence-electron chi connectivity index (χ1n) is 7.23. The van der Waals surface area contributed by atoms with Crippen LogP contribution in [0.4, 0.5) is 0 Å². The fraction of sp³-hybridized carbons (Fsp3) is 0.211. The van der Waals surface area contributed by atoms with Gasteiger partial charge in [0.15, 0.2) is 0 Å². The summed E-state index contributed by atoms with van der Waals surface area (Å²) in [5, 5.41) is 11.2. The molecule has 0 radical (unpaired) electrons. The number of hydrogen-bond donors (Lipinski definition) is 0. The van der Waals surface area contributed by atoms with Gasteiger partial charge in [0.25, 0.3) is 0 Å². The van der Waals surface area contributed by atoms with Gasteiger partial charge in [-0.2, -0.15) is 5.26 Å². The molecule has 0 aliphatic carbocycles. The molecule has 0 N–H and O–H groups in total. The predicted molar refractivity (Wildman–Crippen MR) is 91.3 cm³/mol. The van der Waals surface area contributed by atoms with Gasteiger partial charge < -0.3 is 4.74 Å². The summed E-state index contributed by atoms with van der Waals surface area (Å²) >= 11 is 1.78. The smallest absolute Gasteiger partial charge is 0.0991 e. The lowest BCUT2D eigenvalue weighted by atomic mass is 9.99. The highest BCUT2D eigenvalue weighted by Gasteiger charge is 2.13. The van der Waals surface area contributed by atoms with Crippen molar-refractivity contribution >= 4 is 17.3 Å². The molecule has 3 heteroatoms. The number of nitrogens with zero attached hydrogens (tertiary/aromatic N) is 1. The normalized spacial score (nSPS) is 13.2. The Morgan fingerprint density at radius 1 is 1.14 bits per heavy atom. The topological polar surface area (TPSA) is 33.0 Å². The number of nitriles is 1. The lowest BCUT2D eigenvalue weighted by molar-refractivity contribution is 0.153. The van der Waals surface area contributed by atoms with E-state index in [-0.39, 0.29) is 0 Å². The van der Waals surface area contributed by atoms with E-state index >= 15 is 0 Å². The maximum Gasteiger partial charge on any atom is 0.0991 e. The molecule has 0 atom stereocenters. The van der Waals surface area contributed by atoms with Crippen LogP contribution in [0.2, 0.25) is 0 Å². The monoisotopic (exact) mass is 307 g/mol. The van der Waals surface area contributed by atoms with Crippen LogP contribution in [0.15, 0.2) is 47.9 Å². The number of fused-ring (bicyclic) bond motifs is 1. The average Bonchev–Trinajstić information content (AvgIpc) is 2.56. The van der Waals surface area contributed by atoms with Gasteiger partial charge in [-0.15, -0.1) is 11.8 Å². The minimum Gasteiger partial charge on any atom is -0.372 e. The number of thioether (sulfide) groups is 1. The second kappa shape index (κ2) is 6.83. The van der Waals surface area contributed by atoms with Crippen molar-refractivity contribution in [2.75, 3.05) is 6.61 Å². The van der Waals surface area contributed by atoms with E-state index in [0.717, 1.165) is 16.9 Å². The lowest BCUT2D eigenvalue weighted by Crippen LogP contribution is -2.04. The Morgan fingerprint density at radius 2 is 1.95 bits per heavy atom. The van der Waals surface area contributed by atoms with Crippen LogP contribution in [0, 0.1) is 18.3 Å². The molecule has 2 aromatic carbocycles. The van der Waals surface area contributed by atoms with Crippen molar-refractivity contribution in [1.82, 2.24) is 0 Å². The fourth-order valence-corrected chi connectivity index (χ4v) is 3.35. The van der Waals surface area contributed by atoms with Crippen LogP contribution in [0.25, 0.3) is 5.57 Å². The Labute approximate surface area is 135 Å². The zero-order valence-corrected chi connectivity index (χ0v) is 13.3. The molecule has 1 heterocycles.